The van der Waals surface area contributed by atoms with Gasteiger partial charge in [-0.2, -0.15) is 0 Å². The number of fused-ring (bicyclic) bond motifs is 1. The number of aliphatic hydroxyl groups is 1. The zero-order chi connectivity index (χ0) is 13.7. The number of carbonyl (C=O) groups is 1. The van der Waals surface area contributed by atoms with E-state index in [-0.39, 0.29) is 11.9 Å². The monoisotopic (exact) mass is 263 g/mol. The number of benzene rings is 1. The first-order valence-corrected chi connectivity index (χ1v) is 6.85. The van der Waals surface area contributed by atoms with Crippen molar-refractivity contribution in [2.75, 3.05) is 13.2 Å². The minimum absolute atomic E-state index is 0.0724. The highest BCUT2D eigenvalue weighted by molar-refractivity contribution is 5.76. The van der Waals surface area contributed by atoms with Crippen molar-refractivity contribution >= 4 is 5.91 Å². The third kappa shape index (κ3) is 3.55. The van der Waals surface area contributed by atoms with E-state index in [0.717, 1.165) is 17.5 Å². The van der Waals surface area contributed by atoms with E-state index in [1.165, 1.54) is 0 Å². The standard InChI is InChI=1S/C15H21NO3/c1-2-8-19-9-7-14(18)16-15-12-6-4-3-5-11(12)10-13(15)17/h3-6,13,15,17H,2,7-10H2,1H3,(H,16,18). The van der Waals surface area contributed by atoms with Gasteiger partial charge in [0.05, 0.1) is 18.8 Å². The van der Waals surface area contributed by atoms with Gasteiger partial charge in [-0.3, -0.25) is 4.79 Å². The molecule has 0 bridgehead atoms. The molecule has 1 aliphatic carbocycles. The number of aliphatic hydroxyl groups excluding tert-OH is 1. The fraction of sp³-hybridized carbons (Fsp3) is 0.533. The third-order valence-electron chi connectivity index (χ3n) is 3.34. The lowest BCUT2D eigenvalue weighted by Crippen LogP contribution is -2.34. The van der Waals surface area contributed by atoms with Crippen LogP contribution in [0.4, 0.5) is 0 Å². The SMILES string of the molecule is CCCOCCC(=O)NC1c2ccccc2CC1O. The van der Waals surface area contributed by atoms with Gasteiger partial charge in [-0.25, -0.2) is 0 Å². The van der Waals surface area contributed by atoms with Crippen LogP contribution in [0.2, 0.25) is 0 Å². The maximum atomic E-state index is 11.8. The van der Waals surface area contributed by atoms with E-state index in [1.54, 1.807) is 0 Å². The maximum absolute atomic E-state index is 11.8. The molecule has 0 radical (unpaired) electrons. The van der Waals surface area contributed by atoms with Gasteiger partial charge in [0.15, 0.2) is 0 Å². The summed E-state index contributed by atoms with van der Waals surface area (Å²) in [6.45, 7) is 3.15. The molecule has 2 rings (SSSR count). The normalized spacial score (nSPS) is 21.2. The molecule has 4 heteroatoms. The number of hydrogen-bond acceptors (Lipinski definition) is 3. The van der Waals surface area contributed by atoms with Crippen molar-refractivity contribution < 1.29 is 14.6 Å². The molecule has 0 aliphatic heterocycles. The van der Waals surface area contributed by atoms with Crippen LogP contribution >= 0.6 is 0 Å². The Kier molecular flexibility index (Phi) is 4.93. The minimum atomic E-state index is -0.530. The second-order valence-electron chi connectivity index (χ2n) is 4.88. The summed E-state index contributed by atoms with van der Waals surface area (Å²) < 4.78 is 5.29. The van der Waals surface area contributed by atoms with Crippen molar-refractivity contribution in [2.24, 2.45) is 0 Å². The first kappa shape index (κ1) is 14.0. The zero-order valence-corrected chi connectivity index (χ0v) is 11.3. The second-order valence-corrected chi connectivity index (χ2v) is 4.88. The van der Waals surface area contributed by atoms with Crippen LogP contribution in [0.15, 0.2) is 24.3 Å². The fourth-order valence-corrected chi connectivity index (χ4v) is 2.40. The topological polar surface area (TPSA) is 58.6 Å². The highest BCUT2D eigenvalue weighted by Gasteiger charge is 2.31. The van der Waals surface area contributed by atoms with Crippen molar-refractivity contribution in [3.8, 4) is 0 Å². The van der Waals surface area contributed by atoms with Gasteiger partial charge < -0.3 is 15.2 Å². The van der Waals surface area contributed by atoms with Crippen LogP contribution in [-0.2, 0) is 16.0 Å². The Morgan fingerprint density at radius 2 is 2.21 bits per heavy atom. The average molecular weight is 263 g/mol. The quantitative estimate of drug-likeness (QED) is 0.766. The molecule has 2 unspecified atom stereocenters. The molecule has 104 valence electrons. The van der Waals surface area contributed by atoms with Crippen LogP contribution in [0.3, 0.4) is 0 Å². The predicted octanol–water partition coefficient (Wildman–Crippen LogP) is 1.58. The average Bonchev–Trinajstić information content (AvgIpc) is 2.72. The lowest BCUT2D eigenvalue weighted by atomic mass is 10.1. The molecule has 1 amide bonds. The Labute approximate surface area is 113 Å². The Morgan fingerprint density at radius 3 is 3.00 bits per heavy atom. The van der Waals surface area contributed by atoms with Crippen LogP contribution in [0.5, 0.6) is 0 Å². The van der Waals surface area contributed by atoms with Crippen molar-refractivity contribution in [3.05, 3.63) is 35.4 Å². The molecule has 1 aromatic rings. The summed E-state index contributed by atoms with van der Waals surface area (Å²) in [7, 11) is 0. The number of carbonyl (C=O) groups excluding carboxylic acids is 1. The molecule has 0 spiro atoms. The molecule has 0 fully saturated rings. The van der Waals surface area contributed by atoms with Crippen molar-refractivity contribution in [3.63, 3.8) is 0 Å². The lowest BCUT2D eigenvalue weighted by Gasteiger charge is -2.18. The van der Waals surface area contributed by atoms with Crippen LogP contribution in [0.1, 0.15) is 36.9 Å². The molecule has 0 heterocycles. The fourth-order valence-electron chi connectivity index (χ4n) is 2.40. The highest BCUT2D eigenvalue weighted by atomic mass is 16.5. The zero-order valence-electron chi connectivity index (χ0n) is 11.3. The molecule has 0 aromatic heterocycles. The maximum Gasteiger partial charge on any atom is 0.222 e. The lowest BCUT2D eigenvalue weighted by molar-refractivity contribution is -0.123. The van der Waals surface area contributed by atoms with Gasteiger partial charge in [0, 0.05) is 19.4 Å². The van der Waals surface area contributed by atoms with Crippen molar-refractivity contribution in [1.82, 2.24) is 5.32 Å². The van der Waals surface area contributed by atoms with Crippen LogP contribution in [0, 0.1) is 0 Å². The molecule has 1 aliphatic rings. The van der Waals surface area contributed by atoms with E-state index in [9.17, 15) is 9.90 Å². The molecule has 0 saturated carbocycles. The molecule has 19 heavy (non-hydrogen) atoms. The van der Waals surface area contributed by atoms with Gasteiger partial charge in [0.1, 0.15) is 0 Å². The van der Waals surface area contributed by atoms with Crippen molar-refractivity contribution in [2.45, 2.75) is 38.3 Å². The molecule has 0 saturated heterocycles. The summed E-state index contributed by atoms with van der Waals surface area (Å²) in [5.41, 5.74) is 2.14. The Morgan fingerprint density at radius 1 is 1.42 bits per heavy atom. The summed E-state index contributed by atoms with van der Waals surface area (Å²) in [5.74, 6) is -0.0724. The number of hydrogen-bond donors (Lipinski definition) is 2. The summed E-state index contributed by atoms with van der Waals surface area (Å²) >= 11 is 0. The largest absolute Gasteiger partial charge is 0.390 e. The van der Waals surface area contributed by atoms with E-state index in [0.29, 0.717) is 26.1 Å². The summed E-state index contributed by atoms with van der Waals surface area (Å²) in [6.07, 6.45) is 1.37. The van der Waals surface area contributed by atoms with E-state index in [2.05, 4.69) is 5.32 Å². The Balaban J connectivity index is 1.87. The summed E-state index contributed by atoms with van der Waals surface area (Å²) in [5, 5.41) is 12.9. The van der Waals surface area contributed by atoms with Gasteiger partial charge >= 0.3 is 0 Å². The molecular formula is C15H21NO3. The number of nitrogens with one attached hydrogen (secondary N) is 1. The molecule has 2 N–H and O–H groups in total. The highest BCUT2D eigenvalue weighted by Crippen LogP contribution is 2.31. The van der Waals surface area contributed by atoms with E-state index >= 15 is 0 Å². The number of ether oxygens (including phenoxy) is 1. The Bertz CT molecular complexity index is 433. The smallest absolute Gasteiger partial charge is 0.222 e. The van der Waals surface area contributed by atoms with Gasteiger partial charge in [0.2, 0.25) is 5.91 Å². The number of amides is 1. The molecule has 4 nitrogen and oxygen atoms in total. The predicted molar refractivity (Wildman–Crippen MR) is 72.8 cm³/mol. The minimum Gasteiger partial charge on any atom is -0.390 e. The Hall–Kier alpha value is -1.39. The number of rotatable bonds is 6. The van der Waals surface area contributed by atoms with Gasteiger partial charge in [-0.15, -0.1) is 0 Å². The summed E-state index contributed by atoms with van der Waals surface area (Å²) in [6, 6.07) is 7.56. The summed E-state index contributed by atoms with van der Waals surface area (Å²) in [4.78, 5) is 11.8. The van der Waals surface area contributed by atoms with E-state index in [1.807, 2.05) is 31.2 Å². The van der Waals surface area contributed by atoms with Gasteiger partial charge in [0.25, 0.3) is 0 Å². The third-order valence-corrected chi connectivity index (χ3v) is 3.34. The first-order valence-electron chi connectivity index (χ1n) is 6.85. The van der Waals surface area contributed by atoms with Crippen LogP contribution in [-0.4, -0.2) is 30.3 Å². The van der Waals surface area contributed by atoms with Gasteiger partial charge in [-0.05, 0) is 17.5 Å². The van der Waals surface area contributed by atoms with Crippen molar-refractivity contribution in [1.29, 1.82) is 0 Å². The first-order chi connectivity index (χ1) is 9.22. The van der Waals surface area contributed by atoms with Crippen LogP contribution in [0.25, 0.3) is 0 Å². The van der Waals surface area contributed by atoms with E-state index < -0.39 is 6.10 Å². The molecule has 2 atom stereocenters. The molecular weight excluding hydrogens is 242 g/mol. The molecule has 1 aromatic carbocycles. The van der Waals surface area contributed by atoms with Gasteiger partial charge in [-0.1, -0.05) is 31.2 Å². The second kappa shape index (κ2) is 6.68. The van der Waals surface area contributed by atoms with Crippen LogP contribution < -0.4 is 5.32 Å². The van der Waals surface area contributed by atoms with E-state index in [4.69, 9.17) is 4.74 Å².